The zero-order valence-corrected chi connectivity index (χ0v) is 36.5. The summed E-state index contributed by atoms with van der Waals surface area (Å²) in [6.07, 6.45) is 0.289. The van der Waals surface area contributed by atoms with Crippen molar-refractivity contribution < 1.29 is 28.7 Å². The van der Waals surface area contributed by atoms with Gasteiger partial charge in [0.15, 0.2) is 0 Å². The summed E-state index contributed by atoms with van der Waals surface area (Å²) >= 11 is 0. The number of aromatic nitrogens is 4. The van der Waals surface area contributed by atoms with Gasteiger partial charge >= 0.3 is 12.2 Å². The monoisotopic (exact) mass is 830 g/mol. The molecule has 2 aliphatic heterocycles. The second-order valence-electron chi connectivity index (χ2n) is 17.5. The Kier molecular flexibility index (Phi) is 12.5. The molecule has 2 fully saturated rings. The lowest BCUT2D eigenvalue weighted by molar-refractivity contribution is -0.136. The van der Waals surface area contributed by atoms with Gasteiger partial charge in [-0.3, -0.25) is 9.59 Å². The van der Waals surface area contributed by atoms with Gasteiger partial charge in [-0.15, -0.1) is 0 Å². The van der Waals surface area contributed by atoms with Crippen LogP contribution in [0.2, 0.25) is 0 Å². The molecule has 0 spiro atoms. The molecular weight excluding hydrogens is 773 g/mol. The summed E-state index contributed by atoms with van der Waals surface area (Å²) in [6, 6.07) is 21.2. The molecule has 61 heavy (non-hydrogen) atoms. The minimum Gasteiger partial charge on any atom is -0.453 e. The first-order chi connectivity index (χ1) is 29.1. The van der Waals surface area contributed by atoms with Crippen molar-refractivity contribution in [3.8, 4) is 33.5 Å². The topological polar surface area (TPSA) is 175 Å². The van der Waals surface area contributed by atoms with Crippen molar-refractivity contribution >= 4 is 35.0 Å². The number of hydrogen-bond acceptors (Lipinski definition) is 8. The molecule has 0 aliphatic carbocycles. The van der Waals surface area contributed by atoms with Crippen LogP contribution < -0.4 is 10.6 Å². The number of likely N-dealkylation sites (tertiary alicyclic amines) is 2. The van der Waals surface area contributed by atoms with E-state index >= 15 is 0 Å². The van der Waals surface area contributed by atoms with E-state index in [1.54, 1.807) is 0 Å². The van der Waals surface area contributed by atoms with Crippen LogP contribution in [0.1, 0.15) is 83.8 Å². The molecule has 0 bridgehead atoms. The zero-order chi connectivity index (χ0) is 43.7. The summed E-state index contributed by atoms with van der Waals surface area (Å²) in [5, 5.41) is 5.45. The van der Waals surface area contributed by atoms with E-state index in [-0.39, 0.29) is 47.6 Å². The summed E-state index contributed by atoms with van der Waals surface area (Å²) in [7, 11) is 2.59. The van der Waals surface area contributed by atoms with Crippen molar-refractivity contribution in [3.63, 3.8) is 0 Å². The Bertz CT molecular complexity index is 2390. The number of hydrogen-bond donors (Lipinski definition) is 4. The number of methoxy groups -OCH3 is 2. The fraction of sp³-hybridized carbons (Fsp3) is 0.447. The number of carbonyl (C=O) groups excluding carboxylic acids is 4. The molecule has 3 aromatic carbocycles. The van der Waals surface area contributed by atoms with E-state index in [0.717, 1.165) is 74.7 Å². The average Bonchev–Trinajstić information content (AvgIpc) is 4.05. The van der Waals surface area contributed by atoms with Crippen LogP contribution in [-0.2, 0) is 19.1 Å². The van der Waals surface area contributed by atoms with Gasteiger partial charge in [-0.05, 0) is 83.4 Å². The number of benzene rings is 3. The lowest BCUT2D eigenvalue weighted by atomic mass is 9.99. The summed E-state index contributed by atoms with van der Waals surface area (Å²) < 4.78 is 9.60. The molecule has 14 nitrogen and oxygen atoms in total. The van der Waals surface area contributed by atoms with E-state index in [4.69, 9.17) is 19.4 Å². The molecule has 4 N–H and O–H groups in total. The Morgan fingerprint density at radius 2 is 1.07 bits per heavy atom. The second kappa shape index (κ2) is 17.8. The third-order valence-corrected chi connectivity index (χ3v) is 12.1. The smallest absolute Gasteiger partial charge is 0.407 e. The number of carbonyl (C=O) groups is 4. The van der Waals surface area contributed by atoms with Gasteiger partial charge in [0.1, 0.15) is 23.7 Å². The van der Waals surface area contributed by atoms with Gasteiger partial charge < -0.3 is 39.9 Å². The Morgan fingerprint density at radius 3 is 1.52 bits per heavy atom. The van der Waals surface area contributed by atoms with Crippen LogP contribution in [-0.4, -0.2) is 93.1 Å². The Balaban J connectivity index is 1.05. The summed E-state index contributed by atoms with van der Waals surface area (Å²) in [6.45, 7) is 15.0. The molecule has 4 heterocycles. The highest BCUT2D eigenvalue weighted by molar-refractivity contribution is 5.88. The van der Waals surface area contributed by atoms with E-state index in [2.05, 4.69) is 95.1 Å². The van der Waals surface area contributed by atoms with Crippen molar-refractivity contribution in [2.24, 2.45) is 23.7 Å². The van der Waals surface area contributed by atoms with Crippen molar-refractivity contribution in [2.75, 3.05) is 27.3 Å². The molecule has 6 atom stereocenters. The molecule has 2 aromatic heterocycles. The third-order valence-electron chi connectivity index (χ3n) is 12.1. The predicted octanol–water partition coefficient (Wildman–Crippen LogP) is 8.18. The quantitative estimate of drug-likeness (QED) is 0.103. The maximum atomic E-state index is 13.8. The standard InChI is InChI=1S/C47H58N8O6/c1-25(2)39(52-46(58)60-8)44(56)54-23-27(5)20-37(54)42-48-29(7)41(51-42)33-16-14-31(15-17-33)30-10-12-32(13-11-30)34-18-19-35-36(22-34)50-43(49-35)38-21-28(6)24-55(38)45(57)40(26(3)4)53-47(59)61-9/h10-19,22,25-28,37-40H,20-21,23-24H2,1-9H3,(H,48,51)(H,49,50)(H,52,58)(H,53,59)/t27-,28-,37-,38?,39-,40-/m0/s1. The average molecular weight is 831 g/mol. The number of alkyl carbamates (subject to hydrolysis) is 2. The molecule has 0 radical (unpaired) electrons. The molecule has 0 saturated carbocycles. The number of nitrogens with one attached hydrogen (secondary N) is 4. The van der Waals surface area contributed by atoms with E-state index in [0.29, 0.717) is 13.1 Å². The van der Waals surface area contributed by atoms with Gasteiger partial charge in [0.05, 0.1) is 48.7 Å². The summed E-state index contributed by atoms with van der Waals surface area (Å²) in [4.78, 5) is 72.3. The minimum atomic E-state index is -0.703. The SMILES string of the molecule is COC(=O)N[C@H](C(=O)N1C[C@@H](C)CC1c1nc2cc(-c3ccc(-c4ccc(-c5[nH]c([C@@H]6C[C@H](C)CN6C(=O)[C@@H](NC(=O)OC)C(C)C)nc5C)cc4)cc3)ccc2[nH]1)C(C)C. The molecule has 14 heteroatoms. The van der Waals surface area contributed by atoms with Crippen LogP contribution in [0.3, 0.4) is 0 Å². The number of rotatable bonds is 11. The third kappa shape index (κ3) is 8.99. The predicted molar refractivity (Wildman–Crippen MR) is 234 cm³/mol. The van der Waals surface area contributed by atoms with Crippen molar-refractivity contribution in [2.45, 2.75) is 85.5 Å². The molecule has 5 aromatic rings. The minimum absolute atomic E-state index is 0.116. The van der Waals surface area contributed by atoms with Crippen molar-refractivity contribution in [3.05, 3.63) is 84.1 Å². The van der Waals surface area contributed by atoms with E-state index in [1.807, 2.05) is 50.5 Å². The molecule has 7 rings (SSSR count). The molecule has 2 saturated heterocycles. The molecule has 2 aliphatic rings. The first-order valence-electron chi connectivity index (χ1n) is 21.2. The van der Waals surface area contributed by atoms with Gasteiger partial charge in [0, 0.05) is 13.1 Å². The summed E-state index contributed by atoms with van der Waals surface area (Å²) in [5.41, 5.74) is 8.72. The normalized spacial score (nSPS) is 20.0. The summed E-state index contributed by atoms with van der Waals surface area (Å²) in [5.74, 6) is 1.52. The number of aromatic amines is 2. The van der Waals surface area contributed by atoms with Gasteiger partial charge in [0.2, 0.25) is 11.8 Å². The number of nitrogens with zero attached hydrogens (tertiary/aromatic N) is 4. The van der Waals surface area contributed by atoms with E-state index < -0.39 is 24.3 Å². The number of ether oxygens (including phenoxy) is 2. The fourth-order valence-electron chi connectivity index (χ4n) is 8.82. The fourth-order valence-corrected chi connectivity index (χ4v) is 8.82. The van der Waals surface area contributed by atoms with Crippen molar-refractivity contribution in [1.29, 1.82) is 0 Å². The van der Waals surface area contributed by atoms with Crippen LogP contribution in [0.15, 0.2) is 66.7 Å². The first kappa shape index (κ1) is 42.9. The van der Waals surface area contributed by atoms with E-state index in [1.165, 1.54) is 14.2 Å². The zero-order valence-electron chi connectivity index (χ0n) is 36.5. The second-order valence-corrected chi connectivity index (χ2v) is 17.5. The molecule has 322 valence electrons. The van der Waals surface area contributed by atoms with Crippen LogP contribution >= 0.6 is 0 Å². The maximum Gasteiger partial charge on any atom is 0.407 e. The Morgan fingerprint density at radius 1 is 0.639 bits per heavy atom. The molecular formula is C47H58N8O6. The highest BCUT2D eigenvalue weighted by Crippen LogP contribution is 2.38. The molecule has 1 unspecified atom stereocenters. The lowest BCUT2D eigenvalue weighted by Crippen LogP contribution is -2.51. The highest BCUT2D eigenvalue weighted by atomic mass is 16.5. The van der Waals surface area contributed by atoms with E-state index in [9.17, 15) is 19.2 Å². The van der Waals surface area contributed by atoms with Crippen LogP contribution in [0.25, 0.3) is 44.5 Å². The van der Waals surface area contributed by atoms with Crippen LogP contribution in [0.5, 0.6) is 0 Å². The number of imidazole rings is 2. The Labute approximate surface area is 357 Å². The molecule has 4 amide bonds. The van der Waals surface area contributed by atoms with Crippen molar-refractivity contribution in [1.82, 2.24) is 40.4 Å². The first-order valence-corrected chi connectivity index (χ1v) is 21.2. The van der Waals surface area contributed by atoms with Crippen LogP contribution in [0, 0.1) is 30.6 Å². The number of H-pyrrole nitrogens is 2. The maximum absolute atomic E-state index is 13.8. The number of amides is 4. The number of fused-ring (bicyclic) bond motifs is 1. The Hall–Kier alpha value is -6.18. The van der Waals surface area contributed by atoms with Crippen LogP contribution in [0.4, 0.5) is 9.59 Å². The highest BCUT2D eigenvalue weighted by Gasteiger charge is 2.42. The lowest BCUT2D eigenvalue weighted by Gasteiger charge is -2.30. The van der Waals surface area contributed by atoms with Gasteiger partial charge in [-0.2, -0.15) is 0 Å². The largest absolute Gasteiger partial charge is 0.453 e. The van der Waals surface area contributed by atoms with Gasteiger partial charge in [-0.25, -0.2) is 19.6 Å². The van der Waals surface area contributed by atoms with Gasteiger partial charge in [-0.1, -0.05) is 96.1 Å². The van der Waals surface area contributed by atoms with Gasteiger partial charge in [0.25, 0.3) is 0 Å². The number of aryl methyl sites for hydroxylation is 1.